The Labute approximate surface area is 211 Å². The van der Waals surface area contributed by atoms with E-state index in [-0.39, 0.29) is 22.9 Å². The van der Waals surface area contributed by atoms with Gasteiger partial charge in [0.2, 0.25) is 5.91 Å². The summed E-state index contributed by atoms with van der Waals surface area (Å²) in [5.41, 5.74) is 8.23. The van der Waals surface area contributed by atoms with E-state index in [0.717, 1.165) is 23.4 Å². The van der Waals surface area contributed by atoms with Gasteiger partial charge in [-0.25, -0.2) is 8.78 Å². The van der Waals surface area contributed by atoms with E-state index in [0.29, 0.717) is 37.4 Å². The van der Waals surface area contributed by atoms with Gasteiger partial charge in [-0.3, -0.25) is 4.79 Å². The molecule has 188 valence electrons. The van der Waals surface area contributed by atoms with Gasteiger partial charge in [-0.05, 0) is 54.5 Å². The average molecular weight is 500 g/mol. The molecule has 2 N–H and O–H groups in total. The Kier molecular flexibility index (Phi) is 9.14. The lowest BCUT2D eigenvalue weighted by atomic mass is 9.83. The van der Waals surface area contributed by atoms with E-state index in [1.165, 1.54) is 17.8 Å². The minimum atomic E-state index is -0.495. The maximum absolute atomic E-state index is 14.8. The molecule has 0 aliphatic rings. The molecule has 1 aromatic heterocycles. The lowest BCUT2D eigenvalue weighted by Gasteiger charge is -2.41. The van der Waals surface area contributed by atoms with Crippen LogP contribution in [0.5, 0.6) is 0 Å². The molecule has 0 saturated heterocycles. The van der Waals surface area contributed by atoms with Crippen LogP contribution in [0.2, 0.25) is 0 Å². The zero-order valence-electron chi connectivity index (χ0n) is 20.9. The Hall–Kier alpha value is -2.64. The van der Waals surface area contributed by atoms with Crippen LogP contribution in [-0.4, -0.2) is 40.5 Å². The van der Waals surface area contributed by atoms with E-state index in [4.69, 9.17) is 5.73 Å². The van der Waals surface area contributed by atoms with Gasteiger partial charge in [0, 0.05) is 36.1 Å². The van der Waals surface area contributed by atoms with Crippen molar-refractivity contribution in [3.05, 3.63) is 83.7 Å². The number of rotatable bonds is 10. The van der Waals surface area contributed by atoms with Crippen molar-refractivity contribution in [1.29, 1.82) is 0 Å². The van der Waals surface area contributed by atoms with Crippen molar-refractivity contribution >= 4 is 17.7 Å². The molecule has 2 aromatic carbocycles. The van der Waals surface area contributed by atoms with E-state index in [9.17, 15) is 13.6 Å². The average Bonchev–Trinajstić information content (AvgIpc) is 3.20. The van der Waals surface area contributed by atoms with Crippen LogP contribution >= 0.6 is 11.8 Å². The fraction of sp³-hybridized carbons (Fsp3) is 0.393. The number of amides is 1. The van der Waals surface area contributed by atoms with Gasteiger partial charge < -0.3 is 15.2 Å². The van der Waals surface area contributed by atoms with Crippen LogP contribution in [0.15, 0.2) is 60.8 Å². The van der Waals surface area contributed by atoms with Crippen molar-refractivity contribution in [2.75, 3.05) is 25.1 Å². The van der Waals surface area contributed by atoms with Crippen molar-refractivity contribution in [3.8, 4) is 11.1 Å². The summed E-state index contributed by atoms with van der Waals surface area (Å²) in [6.45, 7) is 7.84. The van der Waals surface area contributed by atoms with Crippen LogP contribution in [0, 0.1) is 17.0 Å². The van der Waals surface area contributed by atoms with Gasteiger partial charge in [0.05, 0.1) is 11.8 Å². The highest BCUT2D eigenvalue weighted by Crippen LogP contribution is 2.41. The van der Waals surface area contributed by atoms with Gasteiger partial charge in [-0.15, -0.1) is 0 Å². The van der Waals surface area contributed by atoms with Crippen molar-refractivity contribution in [1.82, 2.24) is 9.47 Å². The first-order valence-corrected chi connectivity index (χ1v) is 13.2. The Balaban J connectivity index is 2.20. The Bertz CT molecular complexity index is 1120. The van der Waals surface area contributed by atoms with Crippen LogP contribution in [-0.2, 0) is 11.3 Å². The van der Waals surface area contributed by atoms with Crippen molar-refractivity contribution in [3.63, 3.8) is 0 Å². The van der Waals surface area contributed by atoms with Gasteiger partial charge >= 0.3 is 0 Å². The van der Waals surface area contributed by atoms with Gasteiger partial charge in [0.1, 0.15) is 11.6 Å². The summed E-state index contributed by atoms with van der Waals surface area (Å²) < 4.78 is 30.9. The number of benzene rings is 2. The SMILES string of the molecule is CSCC(=O)N(CCCN)[C@@H](c1cc(-c2cc(F)ccc2F)cn1Cc1ccccc1)C(C)(C)C. The zero-order chi connectivity index (χ0) is 25.6. The third-order valence-electron chi connectivity index (χ3n) is 5.97. The maximum Gasteiger partial charge on any atom is 0.233 e. The van der Waals surface area contributed by atoms with E-state index < -0.39 is 11.6 Å². The quantitative estimate of drug-likeness (QED) is 0.366. The number of thioether (sulfide) groups is 1. The lowest BCUT2D eigenvalue weighted by Crippen LogP contribution is -2.44. The highest BCUT2D eigenvalue weighted by molar-refractivity contribution is 7.99. The maximum atomic E-state index is 14.8. The third kappa shape index (κ3) is 6.73. The van der Waals surface area contributed by atoms with Crippen LogP contribution in [0.25, 0.3) is 11.1 Å². The van der Waals surface area contributed by atoms with E-state index in [1.54, 1.807) is 0 Å². The molecule has 3 aromatic rings. The minimum absolute atomic E-state index is 0.0387. The first-order chi connectivity index (χ1) is 16.7. The molecule has 0 fully saturated rings. The summed E-state index contributed by atoms with van der Waals surface area (Å²) in [6, 6.07) is 15.1. The fourth-order valence-corrected chi connectivity index (χ4v) is 4.89. The van der Waals surface area contributed by atoms with Crippen LogP contribution < -0.4 is 5.73 Å². The second kappa shape index (κ2) is 11.9. The topological polar surface area (TPSA) is 51.3 Å². The van der Waals surface area contributed by atoms with Crippen LogP contribution in [0.3, 0.4) is 0 Å². The predicted octanol–water partition coefficient (Wildman–Crippen LogP) is 6.11. The standard InChI is InChI=1S/C28H35F2N3OS/c1-28(2,3)27(33(14-8-13-31)26(34)19-35-4)25-15-21(23-16-22(29)11-12-24(23)30)18-32(25)17-20-9-6-5-7-10-20/h5-7,9-12,15-16,18,27H,8,13-14,17,19,31H2,1-4H3/t27-/m0/s1. The molecule has 7 heteroatoms. The highest BCUT2D eigenvalue weighted by atomic mass is 32.2. The van der Waals surface area contributed by atoms with Gasteiger partial charge in [0.15, 0.2) is 0 Å². The summed E-state index contributed by atoms with van der Waals surface area (Å²) in [7, 11) is 0. The van der Waals surface area contributed by atoms with Gasteiger partial charge in [0.25, 0.3) is 0 Å². The molecule has 3 rings (SSSR count). The molecule has 0 unspecified atom stereocenters. The molecule has 0 spiro atoms. The van der Waals surface area contributed by atoms with Crippen LogP contribution in [0.4, 0.5) is 8.78 Å². The van der Waals surface area contributed by atoms with E-state index >= 15 is 0 Å². The Morgan fingerprint density at radius 2 is 1.83 bits per heavy atom. The normalized spacial score (nSPS) is 12.5. The Morgan fingerprint density at radius 1 is 1.11 bits per heavy atom. The number of aromatic nitrogens is 1. The lowest BCUT2D eigenvalue weighted by molar-refractivity contribution is -0.133. The molecule has 0 bridgehead atoms. The molecule has 0 saturated carbocycles. The van der Waals surface area contributed by atoms with Gasteiger partial charge in [-0.2, -0.15) is 11.8 Å². The molecular weight excluding hydrogens is 464 g/mol. The van der Waals surface area contributed by atoms with E-state index in [1.807, 2.05) is 53.8 Å². The molecular formula is C28H35F2N3OS. The molecule has 1 heterocycles. The number of nitrogens with zero attached hydrogens (tertiary/aromatic N) is 2. The molecule has 4 nitrogen and oxygen atoms in total. The van der Waals surface area contributed by atoms with Crippen molar-refractivity contribution in [2.24, 2.45) is 11.1 Å². The number of hydrogen-bond acceptors (Lipinski definition) is 3. The summed E-state index contributed by atoms with van der Waals surface area (Å²) in [5.74, 6) is -0.578. The highest BCUT2D eigenvalue weighted by Gasteiger charge is 2.36. The first kappa shape index (κ1) is 27.0. The van der Waals surface area contributed by atoms with Crippen LogP contribution in [0.1, 0.15) is 44.5 Å². The monoisotopic (exact) mass is 499 g/mol. The third-order valence-corrected chi connectivity index (χ3v) is 6.50. The van der Waals surface area contributed by atoms with Gasteiger partial charge in [-0.1, -0.05) is 51.1 Å². The zero-order valence-corrected chi connectivity index (χ0v) is 21.7. The minimum Gasteiger partial charge on any atom is -0.344 e. The molecule has 35 heavy (non-hydrogen) atoms. The second-order valence-corrected chi connectivity index (χ2v) is 10.7. The number of halogens is 2. The number of carbonyl (C=O) groups excluding carboxylic acids is 1. The summed E-state index contributed by atoms with van der Waals surface area (Å²) in [5, 5.41) is 0. The summed E-state index contributed by atoms with van der Waals surface area (Å²) in [6.07, 6.45) is 4.45. The molecule has 0 aliphatic heterocycles. The molecule has 0 radical (unpaired) electrons. The largest absolute Gasteiger partial charge is 0.344 e. The fourth-order valence-electron chi connectivity index (χ4n) is 4.48. The molecule has 0 aliphatic carbocycles. The number of carbonyl (C=O) groups is 1. The first-order valence-electron chi connectivity index (χ1n) is 11.8. The van der Waals surface area contributed by atoms with Crippen molar-refractivity contribution in [2.45, 2.75) is 39.8 Å². The van der Waals surface area contributed by atoms with Crippen molar-refractivity contribution < 1.29 is 13.6 Å². The summed E-state index contributed by atoms with van der Waals surface area (Å²) >= 11 is 1.49. The van der Waals surface area contributed by atoms with E-state index in [2.05, 4.69) is 25.3 Å². The molecule has 1 amide bonds. The second-order valence-electron chi connectivity index (χ2n) is 9.82. The number of nitrogens with two attached hydrogens (primary N) is 1. The molecule has 1 atom stereocenters. The Morgan fingerprint density at radius 3 is 2.46 bits per heavy atom. The predicted molar refractivity (Wildman–Crippen MR) is 141 cm³/mol. The number of hydrogen-bond donors (Lipinski definition) is 1. The smallest absolute Gasteiger partial charge is 0.233 e. The summed E-state index contributed by atoms with van der Waals surface area (Å²) in [4.78, 5) is 15.2.